The van der Waals surface area contributed by atoms with Crippen molar-refractivity contribution in [2.75, 3.05) is 17.5 Å². The molecule has 0 amide bonds. The molecule has 0 saturated carbocycles. The molecule has 1 aliphatic heterocycles. The van der Waals surface area contributed by atoms with Crippen LogP contribution in [-0.2, 0) is 20.2 Å². The van der Waals surface area contributed by atoms with Crippen LogP contribution in [0.3, 0.4) is 0 Å². The summed E-state index contributed by atoms with van der Waals surface area (Å²) in [6.07, 6.45) is -0.0224. The molecular weight excluding hydrogens is 322 g/mol. The summed E-state index contributed by atoms with van der Waals surface area (Å²) in [5.41, 5.74) is 1.55. The molecule has 0 bridgehead atoms. The van der Waals surface area contributed by atoms with Gasteiger partial charge in [0, 0.05) is 0 Å². The molecule has 1 saturated heterocycles. The van der Waals surface area contributed by atoms with Gasteiger partial charge in [-0.3, -0.25) is 4.31 Å². The summed E-state index contributed by atoms with van der Waals surface area (Å²) < 4.78 is 33.2. The highest BCUT2D eigenvalue weighted by Gasteiger charge is 2.33. The van der Waals surface area contributed by atoms with E-state index in [1.807, 2.05) is 42.5 Å². The highest BCUT2D eigenvalue weighted by atomic mass is 32.2. The minimum atomic E-state index is -3.64. The van der Waals surface area contributed by atoms with Crippen LogP contribution >= 0.6 is 0 Å². The van der Waals surface area contributed by atoms with E-state index in [2.05, 4.69) is 20.8 Å². The molecule has 0 aromatic heterocycles. The molecule has 1 atom stereocenters. The first-order valence-corrected chi connectivity index (χ1v) is 9.52. The molecule has 0 radical (unpaired) electrons. The highest BCUT2D eigenvalue weighted by Crippen LogP contribution is 2.29. The molecular formula is C19H23NO3S. The smallest absolute Gasteiger partial charge is 0.264 e. The third-order valence-electron chi connectivity index (χ3n) is 4.10. The Balaban J connectivity index is 2.03. The Labute approximate surface area is 144 Å². The average Bonchev–Trinajstić information content (AvgIpc) is 3.37. The zero-order valence-corrected chi connectivity index (χ0v) is 15.1. The number of benzene rings is 2. The Morgan fingerprint density at radius 2 is 1.75 bits per heavy atom. The van der Waals surface area contributed by atoms with Crippen LogP contribution < -0.4 is 4.31 Å². The fourth-order valence-electron chi connectivity index (χ4n) is 2.55. The molecule has 2 aromatic rings. The van der Waals surface area contributed by atoms with Gasteiger partial charge in [0.05, 0.1) is 29.8 Å². The second kappa shape index (κ2) is 6.22. The maximum atomic E-state index is 13.2. The third kappa shape index (κ3) is 3.62. The van der Waals surface area contributed by atoms with Crippen molar-refractivity contribution < 1.29 is 13.2 Å². The summed E-state index contributed by atoms with van der Waals surface area (Å²) in [5.74, 6) is 0. The van der Waals surface area contributed by atoms with Gasteiger partial charge in [-0.05, 0) is 35.2 Å². The summed E-state index contributed by atoms with van der Waals surface area (Å²) in [6, 6.07) is 16.4. The number of rotatable bonds is 5. The van der Waals surface area contributed by atoms with E-state index in [1.165, 1.54) is 4.31 Å². The van der Waals surface area contributed by atoms with Gasteiger partial charge in [0.25, 0.3) is 10.0 Å². The van der Waals surface area contributed by atoms with Crippen molar-refractivity contribution in [1.29, 1.82) is 0 Å². The van der Waals surface area contributed by atoms with Gasteiger partial charge in [-0.15, -0.1) is 0 Å². The summed E-state index contributed by atoms with van der Waals surface area (Å²) >= 11 is 0. The van der Waals surface area contributed by atoms with Gasteiger partial charge < -0.3 is 4.74 Å². The van der Waals surface area contributed by atoms with Crippen LogP contribution in [0.2, 0.25) is 0 Å². The van der Waals surface area contributed by atoms with Crippen LogP contribution in [0.25, 0.3) is 0 Å². The third-order valence-corrected chi connectivity index (χ3v) is 5.89. The number of sulfonamides is 1. The molecule has 3 rings (SSSR count). The zero-order chi connectivity index (χ0) is 17.4. The first-order valence-electron chi connectivity index (χ1n) is 8.08. The predicted molar refractivity (Wildman–Crippen MR) is 95.9 cm³/mol. The molecule has 2 aromatic carbocycles. The lowest BCUT2D eigenvalue weighted by Crippen LogP contribution is -2.34. The second-order valence-electron chi connectivity index (χ2n) is 7.10. The lowest BCUT2D eigenvalue weighted by Gasteiger charge is -2.25. The fourth-order valence-corrected chi connectivity index (χ4v) is 4.09. The molecule has 0 N–H and O–H groups in total. The Kier molecular flexibility index (Phi) is 4.40. The van der Waals surface area contributed by atoms with E-state index in [1.54, 1.807) is 12.1 Å². The van der Waals surface area contributed by atoms with Gasteiger partial charge in [0.15, 0.2) is 0 Å². The normalized spacial score (nSPS) is 17.5. The fraction of sp³-hybridized carbons (Fsp3) is 0.368. The van der Waals surface area contributed by atoms with Crippen LogP contribution in [0, 0.1) is 0 Å². The Hall–Kier alpha value is -1.85. The van der Waals surface area contributed by atoms with Crippen molar-refractivity contribution in [2.45, 2.75) is 37.2 Å². The number of para-hydroxylation sites is 1. The molecule has 1 unspecified atom stereocenters. The van der Waals surface area contributed by atoms with Crippen LogP contribution in [0.1, 0.15) is 26.3 Å². The maximum Gasteiger partial charge on any atom is 0.264 e. The molecule has 1 aliphatic rings. The number of hydrogen-bond acceptors (Lipinski definition) is 3. The second-order valence-corrected chi connectivity index (χ2v) is 8.97. The van der Waals surface area contributed by atoms with Gasteiger partial charge >= 0.3 is 0 Å². The standard InChI is InChI=1S/C19H23NO3S/c1-19(2,3)15-8-7-11-18(12-15)24(21,22)20(13-17-14-23-17)16-9-5-4-6-10-16/h4-12,17H,13-14H2,1-3H3. The van der Waals surface area contributed by atoms with Crippen molar-refractivity contribution in [2.24, 2.45) is 0 Å². The van der Waals surface area contributed by atoms with Crippen molar-refractivity contribution in [3.8, 4) is 0 Å². The molecule has 4 nitrogen and oxygen atoms in total. The van der Waals surface area contributed by atoms with Crippen LogP contribution in [0.15, 0.2) is 59.5 Å². The van der Waals surface area contributed by atoms with E-state index in [0.29, 0.717) is 23.7 Å². The van der Waals surface area contributed by atoms with Crippen molar-refractivity contribution in [1.82, 2.24) is 0 Å². The van der Waals surface area contributed by atoms with Crippen molar-refractivity contribution >= 4 is 15.7 Å². The Morgan fingerprint density at radius 1 is 1.08 bits per heavy atom. The van der Waals surface area contributed by atoms with E-state index in [0.717, 1.165) is 5.56 Å². The van der Waals surface area contributed by atoms with E-state index in [-0.39, 0.29) is 11.5 Å². The molecule has 5 heteroatoms. The van der Waals surface area contributed by atoms with Crippen LogP contribution in [0.4, 0.5) is 5.69 Å². The number of anilines is 1. The van der Waals surface area contributed by atoms with E-state index >= 15 is 0 Å². The van der Waals surface area contributed by atoms with E-state index in [4.69, 9.17) is 4.74 Å². The summed E-state index contributed by atoms with van der Waals surface area (Å²) in [4.78, 5) is 0.319. The van der Waals surface area contributed by atoms with Crippen LogP contribution in [0.5, 0.6) is 0 Å². The molecule has 128 valence electrons. The van der Waals surface area contributed by atoms with Gasteiger partial charge in [0.2, 0.25) is 0 Å². The maximum absolute atomic E-state index is 13.2. The first-order chi connectivity index (χ1) is 11.3. The Morgan fingerprint density at radius 3 is 2.33 bits per heavy atom. The number of nitrogens with zero attached hydrogens (tertiary/aromatic N) is 1. The van der Waals surface area contributed by atoms with Crippen LogP contribution in [-0.4, -0.2) is 27.7 Å². The summed E-state index contributed by atoms with van der Waals surface area (Å²) in [6.45, 7) is 7.18. The largest absolute Gasteiger partial charge is 0.371 e. The number of epoxide rings is 1. The first kappa shape index (κ1) is 17.0. The SMILES string of the molecule is CC(C)(C)c1cccc(S(=O)(=O)N(CC2CO2)c2ccccc2)c1. The van der Waals surface area contributed by atoms with E-state index < -0.39 is 10.0 Å². The van der Waals surface area contributed by atoms with Crippen molar-refractivity contribution in [3.63, 3.8) is 0 Å². The lowest BCUT2D eigenvalue weighted by molar-refractivity contribution is 0.412. The van der Waals surface area contributed by atoms with Gasteiger partial charge in [0.1, 0.15) is 0 Å². The Bertz CT molecular complexity index is 806. The van der Waals surface area contributed by atoms with Crippen molar-refractivity contribution in [3.05, 3.63) is 60.2 Å². The van der Waals surface area contributed by atoms with Gasteiger partial charge in [-0.1, -0.05) is 51.1 Å². The monoisotopic (exact) mass is 345 g/mol. The molecule has 0 spiro atoms. The molecule has 1 heterocycles. The predicted octanol–water partition coefficient (Wildman–Crippen LogP) is 3.58. The minimum absolute atomic E-state index is 0.0224. The quantitative estimate of drug-likeness (QED) is 0.778. The minimum Gasteiger partial charge on any atom is -0.371 e. The van der Waals surface area contributed by atoms with E-state index in [9.17, 15) is 8.42 Å². The number of hydrogen-bond donors (Lipinski definition) is 0. The van der Waals surface area contributed by atoms with Gasteiger partial charge in [-0.2, -0.15) is 0 Å². The van der Waals surface area contributed by atoms with Gasteiger partial charge in [-0.25, -0.2) is 8.42 Å². The topological polar surface area (TPSA) is 49.9 Å². The molecule has 0 aliphatic carbocycles. The summed E-state index contributed by atoms with van der Waals surface area (Å²) in [5, 5.41) is 0. The average molecular weight is 345 g/mol. The summed E-state index contributed by atoms with van der Waals surface area (Å²) in [7, 11) is -3.64. The number of ether oxygens (including phenoxy) is 1. The highest BCUT2D eigenvalue weighted by molar-refractivity contribution is 7.92. The molecule has 1 fully saturated rings. The molecule has 24 heavy (non-hydrogen) atoms. The zero-order valence-electron chi connectivity index (χ0n) is 14.3. The lowest BCUT2D eigenvalue weighted by atomic mass is 9.87.